The summed E-state index contributed by atoms with van der Waals surface area (Å²) in [4.78, 5) is 25.1. The van der Waals surface area contributed by atoms with Gasteiger partial charge in [0.1, 0.15) is 17.1 Å². The van der Waals surface area contributed by atoms with Gasteiger partial charge in [-0.1, -0.05) is 43.7 Å². The van der Waals surface area contributed by atoms with E-state index in [4.69, 9.17) is 14.2 Å². The number of carbonyl (C=O) groups excluding carboxylic acids is 2. The van der Waals surface area contributed by atoms with E-state index in [1.807, 2.05) is 12.1 Å². The van der Waals surface area contributed by atoms with Crippen LogP contribution in [0.2, 0.25) is 0 Å². The molecule has 26 heavy (non-hydrogen) atoms. The van der Waals surface area contributed by atoms with Crippen molar-refractivity contribution in [3.8, 4) is 11.5 Å². The van der Waals surface area contributed by atoms with Gasteiger partial charge in [-0.15, -0.1) is 0 Å². The van der Waals surface area contributed by atoms with Gasteiger partial charge in [-0.2, -0.15) is 0 Å². The van der Waals surface area contributed by atoms with Crippen molar-refractivity contribution in [2.24, 2.45) is 0 Å². The Bertz CT molecular complexity index is 742. The molecule has 0 N–H and O–H groups in total. The Morgan fingerprint density at radius 1 is 0.962 bits per heavy atom. The van der Waals surface area contributed by atoms with Crippen molar-refractivity contribution >= 4 is 11.8 Å². The minimum Gasteiger partial charge on any atom is -0.496 e. The number of hydrogen-bond acceptors (Lipinski definition) is 5. The predicted octanol–water partition coefficient (Wildman–Crippen LogP) is 4.08. The fourth-order valence-electron chi connectivity index (χ4n) is 2.68. The van der Waals surface area contributed by atoms with Crippen molar-refractivity contribution in [1.82, 2.24) is 0 Å². The van der Waals surface area contributed by atoms with Crippen LogP contribution in [0.25, 0.3) is 0 Å². The largest absolute Gasteiger partial charge is 0.496 e. The van der Waals surface area contributed by atoms with Crippen LogP contribution in [0, 0.1) is 0 Å². The second-order valence-electron chi connectivity index (χ2n) is 5.90. The van der Waals surface area contributed by atoms with E-state index in [9.17, 15) is 9.59 Å². The molecule has 2 rings (SSSR count). The SMILES string of the molecule is CCCc1ccc(C(=O)[C@@H](C)OC(=O)c2c(OC)cccc2OC)cc1. The van der Waals surface area contributed by atoms with E-state index >= 15 is 0 Å². The summed E-state index contributed by atoms with van der Waals surface area (Å²) in [7, 11) is 2.91. The van der Waals surface area contributed by atoms with Crippen LogP contribution in [-0.2, 0) is 11.2 Å². The number of hydrogen-bond donors (Lipinski definition) is 0. The Morgan fingerprint density at radius 2 is 1.54 bits per heavy atom. The third-order valence-corrected chi connectivity index (χ3v) is 4.06. The molecule has 1 atom stereocenters. The zero-order valence-electron chi connectivity index (χ0n) is 15.6. The number of benzene rings is 2. The Kier molecular flexibility index (Phi) is 6.78. The number of esters is 1. The standard InChI is InChI=1S/C21H24O5/c1-5-7-15-10-12-16(13-11-15)20(22)14(2)26-21(23)19-17(24-3)8-6-9-18(19)25-4/h6,8-14H,5,7H2,1-4H3/t14-/m1/s1. The maximum absolute atomic E-state index is 12.6. The average Bonchev–Trinajstić information content (AvgIpc) is 2.67. The van der Waals surface area contributed by atoms with Gasteiger partial charge in [0.05, 0.1) is 14.2 Å². The highest BCUT2D eigenvalue weighted by Crippen LogP contribution is 2.29. The van der Waals surface area contributed by atoms with E-state index in [0.29, 0.717) is 17.1 Å². The maximum Gasteiger partial charge on any atom is 0.346 e. The molecular weight excluding hydrogens is 332 g/mol. The summed E-state index contributed by atoms with van der Waals surface area (Å²) in [5, 5.41) is 0. The van der Waals surface area contributed by atoms with Crippen LogP contribution < -0.4 is 9.47 Å². The molecule has 0 unspecified atom stereocenters. The third kappa shape index (κ3) is 4.42. The van der Waals surface area contributed by atoms with Crippen LogP contribution in [0.15, 0.2) is 42.5 Å². The lowest BCUT2D eigenvalue weighted by Crippen LogP contribution is -2.25. The minimum absolute atomic E-state index is 0.162. The lowest BCUT2D eigenvalue weighted by molar-refractivity contribution is 0.0312. The quantitative estimate of drug-likeness (QED) is 0.527. The van der Waals surface area contributed by atoms with Crippen LogP contribution >= 0.6 is 0 Å². The summed E-state index contributed by atoms with van der Waals surface area (Å²) < 4.78 is 15.8. The molecule has 2 aromatic rings. The lowest BCUT2D eigenvalue weighted by Gasteiger charge is -2.16. The molecule has 5 heteroatoms. The highest BCUT2D eigenvalue weighted by Gasteiger charge is 2.25. The first-order valence-corrected chi connectivity index (χ1v) is 8.56. The molecule has 0 heterocycles. The molecule has 0 fully saturated rings. The van der Waals surface area contributed by atoms with Crippen molar-refractivity contribution in [1.29, 1.82) is 0 Å². The molecule has 0 bridgehead atoms. The second kappa shape index (κ2) is 9.04. The maximum atomic E-state index is 12.6. The Balaban J connectivity index is 2.15. The molecule has 0 radical (unpaired) electrons. The first kappa shape index (κ1) is 19.5. The molecule has 0 amide bonds. The smallest absolute Gasteiger partial charge is 0.346 e. The van der Waals surface area contributed by atoms with Crippen molar-refractivity contribution in [2.75, 3.05) is 14.2 Å². The second-order valence-corrected chi connectivity index (χ2v) is 5.90. The van der Waals surface area contributed by atoms with E-state index in [1.165, 1.54) is 19.8 Å². The Morgan fingerprint density at radius 3 is 2.04 bits per heavy atom. The molecule has 0 saturated heterocycles. The summed E-state index contributed by atoms with van der Waals surface area (Å²) in [5.41, 5.74) is 1.85. The lowest BCUT2D eigenvalue weighted by atomic mass is 10.0. The van der Waals surface area contributed by atoms with Gasteiger partial charge < -0.3 is 14.2 Å². The van der Waals surface area contributed by atoms with Gasteiger partial charge in [-0.05, 0) is 31.0 Å². The molecule has 0 saturated carbocycles. The summed E-state index contributed by atoms with van der Waals surface area (Å²) in [6, 6.07) is 12.4. The predicted molar refractivity (Wildman–Crippen MR) is 99.2 cm³/mol. The number of methoxy groups -OCH3 is 2. The summed E-state index contributed by atoms with van der Waals surface area (Å²) >= 11 is 0. The minimum atomic E-state index is -0.922. The average molecular weight is 356 g/mol. The van der Waals surface area contributed by atoms with Gasteiger partial charge in [-0.25, -0.2) is 4.79 Å². The van der Waals surface area contributed by atoms with Gasteiger partial charge in [0.25, 0.3) is 0 Å². The summed E-state index contributed by atoms with van der Waals surface area (Å²) in [5.74, 6) is -0.256. The zero-order valence-corrected chi connectivity index (χ0v) is 15.6. The molecule has 138 valence electrons. The van der Waals surface area contributed by atoms with Crippen LogP contribution in [0.4, 0.5) is 0 Å². The van der Waals surface area contributed by atoms with Crippen LogP contribution in [0.1, 0.15) is 46.5 Å². The first-order chi connectivity index (χ1) is 12.5. The van der Waals surface area contributed by atoms with E-state index < -0.39 is 12.1 Å². The van der Waals surface area contributed by atoms with Crippen molar-refractivity contribution < 1.29 is 23.8 Å². The highest BCUT2D eigenvalue weighted by atomic mass is 16.6. The zero-order chi connectivity index (χ0) is 19.1. The highest BCUT2D eigenvalue weighted by molar-refractivity contribution is 6.02. The molecule has 0 aromatic heterocycles. The monoisotopic (exact) mass is 356 g/mol. The van der Waals surface area contributed by atoms with E-state index in [2.05, 4.69) is 6.92 Å². The number of ketones is 1. The normalized spacial score (nSPS) is 11.5. The van der Waals surface area contributed by atoms with Gasteiger partial charge in [0.2, 0.25) is 5.78 Å². The fraction of sp³-hybridized carbons (Fsp3) is 0.333. The topological polar surface area (TPSA) is 61.8 Å². The molecule has 0 aliphatic heterocycles. The van der Waals surface area contributed by atoms with E-state index in [0.717, 1.165) is 12.8 Å². The number of rotatable bonds is 8. The summed E-state index contributed by atoms with van der Waals surface area (Å²) in [6.45, 7) is 3.66. The molecule has 0 spiro atoms. The van der Waals surface area contributed by atoms with E-state index in [1.54, 1.807) is 37.3 Å². The summed E-state index contributed by atoms with van der Waals surface area (Å²) in [6.07, 6.45) is 1.09. The molecule has 0 aliphatic carbocycles. The van der Waals surface area contributed by atoms with Crippen LogP contribution in [-0.4, -0.2) is 32.1 Å². The van der Waals surface area contributed by atoms with Crippen molar-refractivity contribution in [3.63, 3.8) is 0 Å². The molecular formula is C21H24O5. The first-order valence-electron chi connectivity index (χ1n) is 8.56. The van der Waals surface area contributed by atoms with Gasteiger partial charge >= 0.3 is 5.97 Å². The molecule has 2 aromatic carbocycles. The van der Waals surface area contributed by atoms with Crippen molar-refractivity contribution in [3.05, 3.63) is 59.2 Å². The third-order valence-electron chi connectivity index (χ3n) is 4.06. The van der Waals surface area contributed by atoms with Crippen molar-refractivity contribution in [2.45, 2.75) is 32.8 Å². The van der Waals surface area contributed by atoms with Gasteiger partial charge in [0.15, 0.2) is 6.10 Å². The van der Waals surface area contributed by atoms with Gasteiger partial charge in [-0.3, -0.25) is 4.79 Å². The number of Topliss-reactive ketones (excluding diaryl/α,β-unsaturated/α-hetero) is 1. The Hall–Kier alpha value is -2.82. The number of aryl methyl sites for hydroxylation is 1. The molecule has 5 nitrogen and oxygen atoms in total. The van der Waals surface area contributed by atoms with Crippen LogP contribution in [0.5, 0.6) is 11.5 Å². The Labute approximate surface area is 153 Å². The van der Waals surface area contributed by atoms with E-state index in [-0.39, 0.29) is 11.3 Å². The number of ether oxygens (including phenoxy) is 3. The van der Waals surface area contributed by atoms with Crippen LogP contribution in [0.3, 0.4) is 0 Å². The van der Waals surface area contributed by atoms with Gasteiger partial charge in [0, 0.05) is 5.56 Å². The fourth-order valence-corrected chi connectivity index (χ4v) is 2.68. The molecule has 0 aliphatic rings. The number of carbonyl (C=O) groups is 2.